The molecule has 8 nitrogen and oxygen atoms in total. The highest BCUT2D eigenvalue weighted by Crippen LogP contribution is 2.61. The molecule has 34 heavy (non-hydrogen) atoms. The van der Waals surface area contributed by atoms with Crippen LogP contribution in [0.15, 0.2) is 27.5 Å². The fourth-order valence-electron chi connectivity index (χ4n) is 7.71. The van der Waals surface area contributed by atoms with E-state index in [1.54, 1.807) is 12.1 Å². The molecule has 9 heteroatoms. The molecule has 2 heterocycles. The average molecular weight is 485 g/mol. The number of carbonyl (C=O) groups excluding carboxylic acids is 2. The molecule has 2 N–H and O–H groups in total. The molecular formula is C25H32N4O4S. The Labute approximate surface area is 200 Å². The third-order valence-electron chi connectivity index (χ3n) is 8.63. The lowest BCUT2D eigenvalue weighted by atomic mass is 9.49. The Hall–Kier alpha value is -2.42. The summed E-state index contributed by atoms with van der Waals surface area (Å²) < 4.78 is 29.7. The lowest BCUT2D eigenvalue weighted by Gasteiger charge is -2.56. The van der Waals surface area contributed by atoms with Gasteiger partial charge in [0.15, 0.2) is 0 Å². The molecule has 1 aromatic rings. The quantitative estimate of drug-likeness (QED) is 0.638. The van der Waals surface area contributed by atoms with E-state index in [0.29, 0.717) is 30.9 Å². The fourth-order valence-corrected chi connectivity index (χ4v) is 9.00. The van der Waals surface area contributed by atoms with E-state index in [0.717, 1.165) is 56.3 Å². The Morgan fingerprint density at radius 3 is 2.41 bits per heavy atom. The maximum absolute atomic E-state index is 12.8. The Balaban J connectivity index is 1.13. The van der Waals surface area contributed by atoms with Crippen molar-refractivity contribution in [2.75, 3.05) is 11.4 Å². The number of nitrogens with one attached hydrogen (secondary N) is 2. The van der Waals surface area contributed by atoms with Crippen molar-refractivity contribution in [2.45, 2.75) is 75.5 Å². The highest BCUT2D eigenvalue weighted by Gasteiger charge is 2.51. The fraction of sp³-hybridized carbons (Fsp3) is 0.640. The van der Waals surface area contributed by atoms with Crippen molar-refractivity contribution in [1.82, 2.24) is 10.9 Å². The van der Waals surface area contributed by atoms with Crippen LogP contribution in [0.4, 0.5) is 5.69 Å². The van der Waals surface area contributed by atoms with Gasteiger partial charge in [0, 0.05) is 24.9 Å². The number of nitrogens with zero attached hydrogens (tertiary/aromatic N) is 2. The molecule has 6 aliphatic rings. The molecule has 1 saturated heterocycles. The van der Waals surface area contributed by atoms with Crippen molar-refractivity contribution in [1.29, 1.82) is 0 Å². The van der Waals surface area contributed by atoms with E-state index in [4.69, 9.17) is 0 Å². The van der Waals surface area contributed by atoms with Crippen molar-refractivity contribution in [3.8, 4) is 0 Å². The minimum absolute atomic E-state index is 0.0469. The number of hydrogen-bond acceptors (Lipinski definition) is 5. The summed E-state index contributed by atoms with van der Waals surface area (Å²) in [5, 5.41) is 0. The number of hydrazine groups is 1. The van der Waals surface area contributed by atoms with Gasteiger partial charge in [-0.2, -0.15) is 8.42 Å². The molecule has 0 spiro atoms. The van der Waals surface area contributed by atoms with Crippen molar-refractivity contribution < 1.29 is 18.0 Å². The summed E-state index contributed by atoms with van der Waals surface area (Å²) in [6.45, 7) is 0.716. The number of fused-ring (bicyclic) bond motifs is 3. The first-order chi connectivity index (χ1) is 16.3. The van der Waals surface area contributed by atoms with Crippen LogP contribution in [0.5, 0.6) is 0 Å². The largest absolute Gasteiger partial charge is 0.328 e. The highest BCUT2D eigenvalue weighted by atomic mass is 32.2. The molecule has 1 aromatic carbocycles. The smallest absolute Gasteiger partial charge is 0.286 e. The number of amidine groups is 1. The number of sulfonamides is 1. The van der Waals surface area contributed by atoms with Gasteiger partial charge in [-0.15, -0.1) is 4.40 Å². The summed E-state index contributed by atoms with van der Waals surface area (Å²) in [6.07, 6.45) is 11.4. The number of anilines is 1. The van der Waals surface area contributed by atoms with E-state index in [-0.39, 0.29) is 21.8 Å². The standard InChI is InChI=1S/C25H32N4O4S/c30-23(15-25-12-16-8-17(13-25)10-18(9-16)14-25)26-27-24(31)19-5-6-20-21(11-19)34(32,33)28-22-4-2-1-3-7-29(20)22/h5-6,11,16-18H,1-4,7-10,12-15H2,(H,26,30)(H,27,31). The summed E-state index contributed by atoms with van der Waals surface area (Å²) in [5.74, 6) is 2.18. The normalized spacial score (nSPS) is 32.8. The molecule has 5 fully saturated rings. The molecule has 0 unspecified atom stereocenters. The molecule has 4 bridgehead atoms. The summed E-state index contributed by atoms with van der Waals surface area (Å²) in [7, 11) is -3.87. The third kappa shape index (κ3) is 3.91. The van der Waals surface area contributed by atoms with Gasteiger partial charge in [0.25, 0.3) is 15.9 Å². The van der Waals surface area contributed by atoms with E-state index in [1.807, 2.05) is 4.90 Å². The number of rotatable bonds is 3. The van der Waals surface area contributed by atoms with Crippen LogP contribution in [-0.4, -0.2) is 32.6 Å². The molecule has 7 rings (SSSR count). The van der Waals surface area contributed by atoms with E-state index < -0.39 is 15.9 Å². The maximum Gasteiger partial charge on any atom is 0.286 e. The number of benzene rings is 1. The maximum atomic E-state index is 12.8. The summed E-state index contributed by atoms with van der Waals surface area (Å²) in [6, 6.07) is 4.66. The van der Waals surface area contributed by atoms with E-state index in [9.17, 15) is 18.0 Å². The van der Waals surface area contributed by atoms with Crippen molar-refractivity contribution in [3.63, 3.8) is 0 Å². The average Bonchev–Trinajstić information content (AvgIpc) is 3.01. The first-order valence-electron chi connectivity index (χ1n) is 12.6. The number of hydrogen-bond donors (Lipinski definition) is 2. The van der Waals surface area contributed by atoms with Crippen molar-refractivity contribution >= 4 is 33.4 Å². The molecule has 2 amide bonds. The first-order valence-corrected chi connectivity index (χ1v) is 14.1. The van der Waals surface area contributed by atoms with Crippen molar-refractivity contribution in [3.05, 3.63) is 23.8 Å². The van der Waals surface area contributed by atoms with E-state index in [2.05, 4.69) is 15.2 Å². The highest BCUT2D eigenvalue weighted by molar-refractivity contribution is 7.90. The molecule has 4 saturated carbocycles. The monoisotopic (exact) mass is 484 g/mol. The predicted molar refractivity (Wildman–Crippen MR) is 128 cm³/mol. The van der Waals surface area contributed by atoms with Crippen LogP contribution in [0.25, 0.3) is 0 Å². The van der Waals surface area contributed by atoms with Crippen LogP contribution in [0.1, 0.15) is 81.0 Å². The Morgan fingerprint density at radius 1 is 1.00 bits per heavy atom. The first kappa shape index (κ1) is 22.1. The van der Waals surface area contributed by atoms with Crippen LogP contribution >= 0.6 is 0 Å². The van der Waals surface area contributed by atoms with Gasteiger partial charge in [0.2, 0.25) is 5.91 Å². The second-order valence-corrected chi connectivity index (χ2v) is 12.8. The Morgan fingerprint density at radius 2 is 1.71 bits per heavy atom. The van der Waals surface area contributed by atoms with Gasteiger partial charge in [-0.1, -0.05) is 6.42 Å². The van der Waals surface area contributed by atoms with Crippen LogP contribution < -0.4 is 15.8 Å². The minimum Gasteiger partial charge on any atom is -0.328 e. The van der Waals surface area contributed by atoms with Gasteiger partial charge in [-0.05, 0) is 92.7 Å². The zero-order chi connectivity index (χ0) is 23.5. The molecular weight excluding hydrogens is 452 g/mol. The Kier molecular flexibility index (Phi) is 5.24. The molecule has 0 atom stereocenters. The van der Waals surface area contributed by atoms with Crippen molar-refractivity contribution in [2.24, 2.45) is 27.6 Å². The van der Waals surface area contributed by atoms with Gasteiger partial charge in [-0.3, -0.25) is 20.4 Å². The third-order valence-corrected chi connectivity index (χ3v) is 9.96. The molecule has 0 aromatic heterocycles. The van der Waals surface area contributed by atoms with Crippen LogP contribution in [0.2, 0.25) is 0 Å². The minimum atomic E-state index is -3.87. The molecule has 182 valence electrons. The van der Waals surface area contributed by atoms with E-state index >= 15 is 0 Å². The zero-order valence-corrected chi connectivity index (χ0v) is 20.2. The summed E-state index contributed by atoms with van der Waals surface area (Å²) in [5.41, 5.74) is 5.94. The van der Waals surface area contributed by atoms with E-state index in [1.165, 1.54) is 25.3 Å². The van der Waals surface area contributed by atoms with Gasteiger partial charge in [0.1, 0.15) is 10.7 Å². The SMILES string of the molecule is O=C(CC12CC3CC(CC(C3)C1)C2)NNC(=O)c1ccc2c(c1)S(=O)(=O)N=C1CCCCCN12. The molecule has 4 aliphatic carbocycles. The Bertz CT molecular complexity index is 1140. The summed E-state index contributed by atoms with van der Waals surface area (Å²) in [4.78, 5) is 27.5. The van der Waals surface area contributed by atoms with Crippen LogP contribution in [-0.2, 0) is 14.8 Å². The van der Waals surface area contributed by atoms with Gasteiger partial charge >= 0.3 is 0 Å². The number of carbonyl (C=O) groups is 2. The molecule has 2 aliphatic heterocycles. The van der Waals surface area contributed by atoms with Crippen LogP contribution in [0, 0.1) is 23.2 Å². The lowest BCUT2D eigenvalue weighted by Crippen LogP contribution is -2.50. The number of amides is 2. The topological polar surface area (TPSA) is 108 Å². The van der Waals surface area contributed by atoms with Gasteiger partial charge < -0.3 is 4.90 Å². The zero-order valence-electron chi connectivity index (χ0n) is 19.4. The predicted octanol–water partition coefficient (Wildman–Crippen LogP) is 3.54. The van der Waals surface area contributed by atoms with Crippen LogP contribution in [0.3, 0.4) is 0 Å². The second-order valence-electron chi connectivity index (χ2n) is 11.2. The lowest BCUT2D eigenvalue weighted by molar-refractivity contribution is -0.130. The van der Waals surface area contributed by atoms with Gasteiger partial charge in [0.05, 0.1) is 5.69 Å². The molecule has 0 radical (unpaired) electrons. The van der Waals surface area contributed by atoms with Gasteiger partial charge in [-0.25, -0.2) is 0 Å². The summed E-state index contributed by atoms with van der Waals surface area (Å²) >= 11 is 0. The second kappa shape index (κ2) is 8.07.